The number of para-hydroxylation sites is 1. The highest BCUT2D eigenvalue weighted by Crippen LogP contribution is 2.28. The molecule has 4 N–H and O–H groups in total. The fraction of sp³-hybridized carbons (Fsp3) is 0.233. The molecule has 42 heavy (non-hydrogen) atoms. The lowest BCUT2D eigenvalue weighted by Crippen LogP contribution is -2.18. The number of sulfonamides is 1. The van der Waals surface area contributed by atoms with Crippen LogP contribution in [0.1, 0.15) is 25.0 Å². The van der Waals surface area contributed by atoms with Crippen molar-refractivity contribution >= 4 is 39.0 Å². The highest BCUT2D eigenvalue weighted by Gasteiger charge is 2.12. The topological polar surface area (TPSA) is 139 Å². The molecule has 0 unspecified atom stereocenters. The van der Waals surface area contributed by atoms with E-state index < -0.39 is 10.0 Å². The Hall–Kier alpha value is -4.68. The Morgan fingerprint density at radius 1 is 0.929 bits per heavy atom. The van der Waals surface area contributed by atoms with E-state index in [2.05, 4.69) is 35.9 Å². The summed E-state index contributed by atoms with van der Waals surface area (Å²) in [5, 5.41) is 11.1. The lowest BCUT2D eigenvalue weighted by Gasteiger charge is -2.13. The molecule has 0 aliphatic heterocycles. The number of hydrogen-bond acceptors (Lipinski definition) is 10. The summed E-state index contributed by atoms with van der Waals surface area (Å²) in [7, 11) is -0.510. The zero-order valence-electron chi connectivity index (χ0n) is 24.0. The molecule has 11 nitrogen and oxygen atoms in total. The maximum absolute atomic E-state index is 12.0. The van der Waals surface area contributed by atoms with Crippen molar-refractivity contribution in [2.75, 3.05) is 43.4 Å². The number of nitrogens with one attached hydrogen (secondary N) is 4. The van der Waals surface area contributed by atoms with Crippen LogP contribution in [0.15, 0.2) is 88.9 Å². The number of anilines is 4. The van der Waals surface area contributed by atoms with Crippen molar-refractivity contribution in [1.82, 2.24) is 14.7 Å². The molecule has 3 aromatic carbocycles. The van der Waals surface area contributed by atoms with Crippen LogP contribution in [0.5, 0.6) is 11.5 Å². The first-order valence-corrected chi connectivity index (χ1v) is 14.9. The van der Waals surface area contributed by atoms with E-state index in [1.54, 1.807) is 25.3 Å². The number of benzene rings is 3. The Balaban J connectivity index is 1.50. The Morgan fingerprint density at radius 3 is 2.36 bits per heavy atom. The molecule has 0 amide bonds. The van der Waals surface area contributed by atoms with Gasteiger partial charge >= 0.3 is 0 Å². The average Bonchev–Trinajstić information content (AvgIpc) is 3.01. The van der Waals surface area contributed by atoms with Gasteiger partial charge in [-0.3, -0.25) is 5.43 Å². The third-order valence-corrected chi connectivity index (χ3v) is 7.62. The van der Waals surface area contributed by atoms with Crippen LogP contribution >= 0.6 is 0 Å². The zero-order chi connectivity index (χ0) is 30.0. The van der Waals surface area contributed by atoms with Gasteiger partial charge in [0.1, 0.15) is 5.82 Å². The summed E-state index contributed by atoms with van der Waals surface area (Å²) in [6, 6.07) is 23.8. The van der Waals surface area contributed by atoms with Crippen LogP contribution in [0.3, 0.4) is 0 Å². The molecule has 0 bridgehead atoms. The van der Waals surface area contributed by atoms with Gasteiger partial charge in [0, 0.05) is 18.3 Å². The first-order chi connectivity index (χ1) is 20.3. The molecule has 1 heterocycles. The van der Waals surface area contributed by atoms with Gasteiger partial charge in [-0.1, -0.05) is 36.4 Å². The van der Waals surface area contributed by atoms with Crippen LogP contribution in [-0.4, -0.2) is 51.4 Å². The molecular formula is C30H35N7O4S. The summed E-state index contributed by atoms with van der Waals surface area (Å²) < 4.78 is 37.4. The summed E-state index contributed by atoms with van der Waals surface area (Å²) >= 11 is 0. The standard InChI is InChI=1S/C30H35N7O4S/c1-5-41-27-19-22(11-16-26(27)40-4)17-18-32-28-20-29(35-30(34-28)33-24-9-7-6-8-10-24)37-36-21(2)23-12-14-25(15-13-23)42(38,39)31-3/h6-16,19-20,31H,5,17-18H2,1-4H3,(H3,32,33,34,35,37). The van der Waals surface area contributed by atoms with E-state index in [0.29, 0.717) is 47.9 Å². The number of hydrazone groups is 1. The van der Waals surface area contributed by atoms with Gasteiger partial charge in [-0.2, -0.15) is 15.1 Å². The van der Waals surface area contributed by atoms with Crippen LogP contribution < -0.4 is 30.3 Å². The van der Waals surface area contributed by atoms with E-state index in [-0.39, 0.29) is 4.90 Å². The van der Waals surface area contributed by atoms with Crippen molar-refractivity contribution < 1.29 is 17.9 Å². The number of aromatic nitrogens is 2. The maximum Gasteiger partial charge on any atom is 0.240 e. The van der Waals surface area contributed by atoms with Gasteiger partial charge in [0.25, 0.3) is 0 Å². The van der Waals surface area contributed by atoms with E-state index in [1.165, 1.54) is 19.2 Å². The van der Waals surface area contributed by atoms with Crippen LogP contribution in [0.2, 0.25) is 0 Å². The van der Waals surface area contributed by atoms with Crippen molar-refractivity contribution in [1.29, 1.82) is 0 Å². The molecule has 0 atom stereocenters. The minimum Gasteiger partial charge on any atom is -0.493 e. The van der Waals surface area contributed by atoms with Crippen molar-refractivity contribution in [3.63, 3.8) is 0 Å². The summed E-state index contributed by atoms with van der Waals surface area (Å²) in [5.74, 6) is 2.89. The molecular weight excluding hydrogens is 554 g/mol. The second kappa shape index (κ2) is 14.3. The number of ether oxygens (including phenoxy) is 2. The zero-order valence-corrected chi connectivity index (χ0v) is 24.8. The van der Waals surface area contributed by atoms with E-state index >= 15 is 0 Å². The summed E-state index contributed by atoms with van der Waals surface area (Å²) in [6.45, 7) is 4.93. The SMILES string of the molecule is CCOc1cc(CCNc2cc(NN=C(C)c3ccc(S(=O)(=O)NC)cc3)nc(Nc3ccccc3)n2)ccc1OC. The molecule has 0 aliphatic rings. The predicted octanol–water partition coefficient (Wildman–Crippen LogP) is 5.03. The van der Waals surface area contributed by atoms with Gasteiger partial charge in [0.05, 0.1) is 24.3 Å². The molecule has 12 heteroatoms. The first kappa shape index (κ1) is 30.3. The van der Waals surface area contributed by atoms with Crippen LogP contribution in [-0.2, 0) is 16.4 Å². The monoisotopic (exact) mass is 589 g/mol. The van der Waals surface area contributed by atoms with Gasteiger partial charge in [0.2, 0.25) is 16.0 Å². The van der Waals surface area contributed by atoms with Crippen LogP contribution in [0.4, 0.5) is 23.3 Å². The Morgan fingerprint density at radius 2 is 1.67 bits per heavy atom. The third kappa shape index (κ3) is 8.18. The minimum absolute atomic E-state index is 0.182. The number of hydrogen-bond donors (Lipinski definition) is 4. The molecule has 1 aromatic heterocycles. The van der Waals surface area contributed by atoms with Crippen molar-refractivity contribution in [2.24, 2.45) is 5.10 Å². The molecule has 0 saturated heterocycles. The summed E-state index contributed by atoms with van der Waals surface area (Å²) in [5.41, 5.74) is 6.36. The predicted molar refractivity (Wildman–Crippen MR) is 167 cm³/mol. The Bertz CT molecular complexity index is 1610. The largest absolute Gasteiger partial charge is 0.493 e. The minimum atomic E-state index is -3.51. The quantitative estimate of drug-likeness (QED) is 0.118. The van der Waals surface area contributed by atoms with Crippen molar-refractivity contribution in [3.05, 3.63) is 90.0 Å². The van der Waals surface area contributed by atoms with Gasteiger partial charge in [0.15, 0.2) is 17.3 Å². The van der Waals surface area contributed by atoms with E-state index in [4.69, 9.17) is 9.47 Å². The van der Waals surface area contributed by atoms with Gasteiger partial charge in [-0.05, 0) is 74.8 Å². The van der Waals surface area contributed by atoms with Gasteiger partial charge in [-0.25, -0.2) is 13.1 Å². The highest BCUT2D eigenvalue weighted by atomic mass is 32.2. The number of nitrogens with zero attached hydrogens (tertiary/aromatic N) is 3. The van der Waals surface area contributed by atoms with E-state index in [0.717, 1.165) is 23.2 Å². The first-order valence-electron chi connectivity index (χ1n) is 13.4. The molecule has 0 saturated carbocycles. The fourth-order valence-corrected chi connectivity index (χ4v) is 4.71. The second-order valence-corrected chi connectivity index (χ2v) is 11.0. The summed E-state index contributed by atoms with van der Waals surface area (Å²) in [6.07, 6.45) is 0.731. The summed E-state index contributed by atoms with van der Waals surface area (Å²) in [4.78, 5) is 9.38. The van der Waals surface area contributed by atoms with Gasteiger partial charge < -0.3 is 20.1 Å². The number of rotatable bonds is 14. The van der Waals surface area contributed by atoms with Gasteiger partial charge in [-0.15, -0.1) is 0 Å². The van der Waals surface area contributed by atoms with Crippen LogP contribution in [0, 0.1) is 0 Å². The maximum atomic E-state index is 12.0. The molecule has 0 radical (unpaired) electrons. The molecule has 4 rings (SSSR count). The molecule has 0 aliphatic carbocycles. The molecule has 0 fully saturated rings. The van der Waals surface area contributed by atoms with E-state index in [1.807, 2.05) is 62.4 Å². The van der Waals surface area contributed by atoms with Crippen molar-refractivity contribution in [3.8, 4) is 11.5 Å². The van der Waals surface area contributed by atoms with E-state index in [9.17, 15) is 8.42 Å². The second-order valence-electron chi connectivity index (χ2n) is 9.09. The molecule has 0 spiro atoms. The normalized spacial score (nSPS) is 11.6. The Kier molecular flexibility index (Phi) is 10.3. The Labute approximate surface area is 246 Å². The van der Waals surface area contributed by atoms with Crippen molar-refractivity contribution in [2.45, 2.75) is 25.2 Å². The lowest BCUT2D eigenvalue weighted by molar-refractivity contribution is 0.310. The highest BCUT2D eigenvalue weighted by molar-refractivity contribution is 7.89. The molecule has 220 valence electrons. The lowest BCUT2D eigenvalue weighted by atomic mass is 10.1. The smallest absolute Gasteiger partial charge is 0.240 e. The fourth-order valence-electron chi connectivity index (χ4n) is 3.98. The third-order valence-electron chi connectivity index (χ3n) is 6.19. The average molecular weight is 590 g/mol. The molecule has 4 aromatic rings. The number of methoxy groups -OCH3 is 1. The van der Waals surface area contributed by atoms with Crippen LogP contribution in [0.25, 0.3) is 0 Å².